The van der Waals surface area contributed by atoms with Crippen molar-refractivity contribution in [2.75, 3.05) is 6.54 Å². The van der Waals surface area contributed by atoms with Crippen LogP contribution in [0, 0.1) is 11.3 Å². The molecular formula is C13H10F3N3O2. The minimum atomic E-state index is -4.48. The van der Waals surface area contributed by atoms with Crippen LogP contribution >= 0.6 is 0 Å². The first kappa shape index (κ1) is 14.8. The lowest BCUT2D eigenvalue weighted by Gasteiger charge is -2.22. The molecule has 1 saturated heterocycles. The number of carbonyl (C=O) groups excluding carboxylic acids is 2. The van der Waals surface area contributed by atoms with Crippen molar-refractivity contribution in [3.63, 3.8) is 0 Å². The smallest absolute Gasteiger partial charge is 0.319 e. The highest BCUT2D eigenvalue weighted by Gasteiger charge is 2.49. The lowest BCUT2D eigenvalue weighted by molar-refractivity contribution is -0.137. The van der Waals surface area contributed by atoms with Crippen molar-refractivity contribution in [2.24, 2.45) is 0 Å². The Bertz CT molecular complexity index is 634. The minimum absolute atomic E-state index is 0.217. The molecule has 0 bridgehead atoms. The largest absolute Gasteiger partial charge is 0.416 e. The van der Waals surface area contributed by atoms with E-state index < -0.39 is 35.8 Å². The molecule has 1 fully saturated rings. The van der Waals surface area contributed by atoms with Crippen LogP contribution in [-0.4, -0.2) is 23.4 Å². The zero-order chi connectivity index (χ0) is 15.8. The van der Waals surface area contributed by atoms with E-state index in [1.165, 1.54) is 6.92 Å². The number of alkyl halides is 3. The molecule has 1 aliphatic rings. The Labute approximate surface area is 118 Å². The molecule has 1 atom stereocenters. The van der Waals surface area contributed by atoms with Gasteiger partial charge < -0.3 is 5.32 Å². The van der Waals surface area contributed by atoms with Gasteiger partial charge in [-0.25, -0.2) is 9.69 Å². The second-order valence-electron chi connectivity index (χ2n) is 4.68. The predicted octanol–water partition coefficient (Wildman–Crippen LogP) is 2.00. The van der Waals surface area contributed by atoms with Gasteiger partial charge in [-0.2, -0.15) is 18.4 Å². The molecule has 1 aromatic rings. The molecule has 0 spiro atoms. The number of hydrogen-bond donors (Lipinski definition) is 1. The quantitative estimate of drug-likeness (QED) is 0.670. The van der Waals surface area contributed by atoms with Gasteiger partial charge in [-0.05, 0) is 24.6 Å². The van der Waals surface area contributed by atoms with E-state index >= 15 is 0 Å². The normalized spacial score (nSPS) is 22.1. The summed E-state index contributed by atoms with van der Waals surface area (Å²) in [4.78, 5) is 24.6. The number of amides is 3. The summed E-state index contributed by atoms with van der Waals surface area (Å²) in [7, 11) is 0. The summed E-state index contributed by atoms with van der Waals surface area (Å²) in [6.45, 7) is 0.966. The summed E-state index contributed by atoms with van der Waals surface area (Å²) < 4.78 is 37.5. The molecular weight excluding hydrogens is 287 g/mol. The van der Waals surface area contributed by atoms with Crippen molar-refractivity contribution in [3.05, 3.63) is 35.4 Å². The van der Waals surface area contributed by atoms with Crippen molar-refractivity contribution >= 4 is 11.9 Å². The van der Waals surface area contributed by atoms with E-state index in [1.807, 2.05) is 0 Å². The molecule has 21 heavy (non-hydrogen) atoms. The van der Waals surface area contributed by atoms with Crippen LogP contribution in [0.2, 0.25) is 0 Å². The Hall–Kier alpha value is -2.56. The number of rotatable bonds is 2. The molecule has 5 nitrogen and oxygen atoms in total. The van der Waals surface area contributed by atoms with Gasteiger partial charge in [0.05, 0.1) is 11.6 Å². The van der Waals surface area contributed by atoms with Gasteiger partial charge >= 0.3 is 12.2 Å². The summed E-state index contributed by atoms with van der Waals surface area (Å²) >= 11 is 0. The standard InChI is InChI=1S/C13H10F3N3O2/c1-12(10(20)19(7-6-17)11(21)18-12)8-2-4-9(5-3-8)13(14,15)16/h2-5H,7H2,1H3,(H,18,21)/t12-/m1/s1. The highest BCUT2D eigenvalue weighted by Crippen LogP contribution is 2.33. The molecule has 3 amide bonds. The van der Waals surface area contributed by atoms with Gasteiger partial charge in [0, 0.05) is 0 Å². The number of nitrogens with one attached hydrogen (secondary N) is 1. The van der Waals surface area contributed by atoms with E-state index in [0.29, 0.717) is 0 Å². The molecule has 0 unspecified atom stereocenters. The molecule has 110 valence electrons. The maximum atomic E-state index is 12.5. The maximum absolute atomic E-state index is 12.5. The van der Waals surface area contributed by atoms with Crippen LogP contribution in [0.25, 0.3) is 0 Å². The SMILES string of the molecule is C[C@]1(c2ccc(C(F)(F)F)cc2)NC(=O)N(CC#N)C1=O. The van der Waals surface area contributed by atoms with Crippen molar-refractivity contribution < 1.29 is 22.8 Å². The first-order valence-electron chi connectivity index (χ1n) is 5.89. The first-order valence-corrected chi connectivity index (χ1v) is 5.89. The molecule has 2 rings (SSSR count). The summed E-state index contributed by atoms with van der Waals surface area (Å²) in [5, 5.41) is 11.0. The highest BCUT2D eigenvalue weighted by molar-refractivity contribution is 6.07. The van der Waals surface area contributed by atoms with Crippen LogP contribution in [-0.2, 0) is 16.5 Å². The van der Waals surface area contributed by atoms with Gasteiger partial charge in [0.25, 0.3) is 5.91 Å². The summed E-state index contributed by atoms with van der Waals surface area (Å²) in [5.74, 6) is -0.672. The third-order valence-corrected chi connectivity index (χ3v) is 3.29. The van der Waals surface area contributed by atoms with E-state index in [9.17, 15) is 22.8 Å². The van der Waals surface area contributed by atoms with Crippen LogP contribution in [0.3, 0.4) is 0 Å². The Kier molecular flexibility index (Phi) is 3.37. The van der Waals surface area contributed by atoms with E-state index in [2.05, 4.69) is 5.32 Å². The van der Waals surface area contributed by atoms with Crippen molar-refractivity contribution in [2.45, 2.75) is 18.6 Å². The number of hydrogen-bond acceptors (Lipinski definition) is 3. The van der Waals surface area contributed by atoms with Crippen LogP contribution in [0.5, 0.6) is 0 Å². The Balaban J connectivity index is 2.36. The number of nitriles is 1. The number of halogens is 3. The third-order valence-electron chi connectivity index (χ3n) is 3.29. The van der Waals surface area contributed by atoms with E-state index in [-0.39, 0.29) is 5.56 Å². The fraction of sp³-hybridized carbons (Fsp3) is 0.308. The molecule has 1 aromatic carbocycles. The number of urea groups is 1. The Morgan fingerprint density at radius 2 is 1.86 bits per heavy atom. The van der Waals surface area contributed by atoms with Gasteiger partial charge in [0.2, 0.25) is 0 Å². The van der Waals surface area contributed by atoms with Gasteiger partial charge in [0.15, 0.2) is 0 Å². The van der Waals surface area contributed by atoms with Gasteiger partial charge in [-0.3, -0.25) is 4.79 Å². The van der Waals surface area contributed by atoms with Crippen molar-refractivity contribution in [1.29, 1.82) is 5.26 Å². The molecule has 1 N–H and O–H groups in total. The predicted molar refractivity (Wildman–Crippen MR) is 64.7 cm³/mol. The minimum Gasteiger partial charge on any atom is -0.319 e. The average molecular weight is 297 g/mol. The number of carbonyl (C=O) groups is 2. The Morgan fingerprint density at radius 3 is 2.33 bits per heavy atom. The molecule has 0 radical (unpaired) electrons. The second kappa shape index (κ2) is 4.77. The van der Waals surface area contributed by atoms with Crippen LogP contribution < -0.4 is 5.32 Å². The fourth-order valence-electron chi connectivity index (χ4n) is 2.10. The average Bonchev–Trinajstić information content (AvgIpc) is 2.63. The number of benzene rings is 1. The fourth-order valence-corrected chi connectivity index (χ4v) is 2.10. The van der Waals surface area contributed by atoms with Crippen molar-refractivity contribution in [1.82, 2.24) is 10.2 Å². The molecule has 0 saturated carbocycles. The molecule has 8 heteroatoms. The maximum Gasteiger partial charge on any atom is 0.416 e. The second-order valence-corrected chi connectivity index (χ2v) is 4.68. The van der Waals surface area contributed by atoms with Gasteiger partial charge in [-0.1, -0.05) is 12.1 Å². The number of imide groups is 1. The summed E-state index contributed by atoms with van der Waals surface area (Å²) in [6, 6.07) is 4.89. The molecule has 1 heterocycles. The summed E-state index contributed by atoms with van der Waals surface area (Å²) in [5.41, 5.74) is -2.10. The zero-order valence-corrected chi connectivity index (χ0v) is 10.9. The third kappa shape index (κ3) is 2.42. The van der Waals surface area contributed by atoms with Crippen LogP contribution in [0.4, 0.5) is 18.0 Å². The molecule has 0 aliphatic carbocycles. The lowest BCUT2D eigenvalue weighted by Crippen LogP contribution is -2.41. The molecule has 0 aromatic heterocycles. The lowest BCUT2D eigenvalue weighted by atomic mass is 9.91. The van der Waals surface area contributed by atoms with E-state index in [4.69, 9.17) is 5.26 Å². The van der Waals surface area contributed by atoms with Crippen molar-refractivity contribution in [3.8, 4) is 6.07 Å². The van der Waals surface area contributed by atoms with Gasteiger partial charge in [0.1, 0.15) is 12.1 Å². The number of nitrogens with zero attached hydrogens (tertiary/aromatic N) is 2. The van der Waals surface area contributed by atoms with Crippen LogP contribution in [0.1, 0.15) is 18.1 Å². The van der Waals surface area contributed by atoms with Gasteiger partial charge in [-0.15, -0.1) is 0 Å². The topological polar surface area (TPSA) is 73.2 Å². The monoisotopic (exact) mass is 297 g/mol. The Morgan fingerprint density at radius 1 is 1.29 bits per heavy atom. The highest BCUT2D eigenvalue weighted by atomic mass is 19.4. The first-order chi connectivity index (χ1) is 9.70. The van der Waals surface area contributed by atoms with Crippen LogP contribution in [0.15, 0.2) is 24.3 Å². The molecule has 1 aliphatic heterocycles. The van der Waals surface area contributed by atoms with E-state index in [0.717, 1.165) is 29.2 Å². The summed E-state index contributed by atoms with van der Waals surface area (Å²) in [6.07, 6.45) is -4.48. The zero-order valence-electron chi connectivity index (χ0n) is 10.9. The van der Waals surface area contributed by atoms with E-state index in [1.54, 1.807) is 6.07 Å².